The van der Waals surface area contributed by atoms with Crippen LogP contribution in [0.1, 0.15) is 5.69 Å². The Kier molecular flexibility index (Phi) is 3.02. The van der Waals surface area contributed by atoms with Crippen molar-refractivity contribution in [3.05, 3.63) is 58.5 Å². The van der Waals surface area contributed by atoms with Crippen LogP contribution in [-0.4, -0.2) is 24.3 Å². The predicted octanol–water partition coefficient (Wildman–Crippen LogP) is 2.49. The van der Waals surface area contributed by atoms with E-state index in [-0.39, 0.29) is 5.82 Å². The number of nitro groups is 1. The molecule has 0 bridgehead atoms. The fourth-order valence-corrected chi connectivity index (χ4v) is 2.28. The van der Waals surface area contributed by atoms with Gasteiger partial charge >= 0.3 is 5.82 Å². The van der Waals surface area contributed by atoms with E-state index in [0.29, 0.717) is 5.82 Å². The molecular weight excluding hydrogens is 270 g/mol. The highest BCUT2D eigenvalue weighted by Crippen LogP contribution is 2.26. The molecule has 3 rings (SSSR count). The molecule has 2 heterocycles. The molecule has 0 radical (unpaired) electrons. The Morgan fingerprint density at radius 3 is 2.52 bits per heavy atom. The first-order chi connectivity index (χ1) is 10.1. The van der Waals surface area contributed by atoms with Gasteiger partial charge in [0.15, 0.2) is 0 Å². The minimum Gasteiger partial charge on any atom is -0.358 e. The number of para-hydroxylation sites is 1. The summed E-state index contributed by atoms with van der Waals surface area (Å²) >= 11 is 0. The van der Waals surface area contributed by atoms with Crippen LogP contribution >= 0.6 is 0 Å². The number of imidazole rings is 1. The zero-order valence-corrected chi connectivity index (χ0v) is 11.6. The molecule has 0 unspecified atom stereocenters. The van der Waals surface area contributed by atoms with E-state index in [2.05, 4.69) is 10.1 Å². The molecule has 1 aromatic carbocycles. The summed E-state index contributed by atoms with van der Waals surface area (Å²) in [6.45, 7) is 1.91. The van der Waals surface area contributed by atoms with Crippen LogP contribution in [0.4, 0.5) is 5.82 Å². The van der Waals surface area contributed by atoms with E-state index in [0.717, 1.165) is 16.9 Å². The summed E-state index contributed by atoms with van der Waals surface area (Å²) in [4.78, 5) is 14.6. The van der Waals surface area contributed by atoms with Gasteiger partial charge in [0.05, 0.1) is 30.2 Å². The third kappa shape index (κ3) is 2.08. The van der Waals surface area contributed by atoms with Crippen molar-refractivity contribution in [2.75, 3.05) is 0 Å². The first kappa shape index (κ1) is 13.0. The van der Waals surface area contributed by atoms with Crippen LogP contribution in [0.2, 0.25) is 0 Å². The molecule has 0 saturated heterocycles. The fraction of sp³-hybridized carbons (Fsp3) is 0.143. The van der Waals surface area contributed by atoms with Crippen molar-refractivity contribution in [2.45, 2.75) is 6.92 Å². The van der Waals surface area contributed by atoms with E-state index in [1.165, 1.54) is 10.8 Å². The van der Waals surface area contributed by atoms with Gasteiger partial charge in [0.2, 0.25) is 5.82 Å². The van der Waals surface area contributed by atoms with E-state index < -0.39 is 4.92 Å². The lowest BCUT2D eigenvalue weighted by atomic mass is 10.2. The molecule has 106 valence electrons. The molecule has 7 heteroatoms. The van der Waals surface area contributed by atoms with Gasteiger partial charge in [-0.1, -0.05) is 18.2 Å². The maximum atomic E-state index is 10.9. The van der Waals surface area contributed by atoms with Gasteiger partial charge in [-0.25, -0.2) is 14.2 Å². The summed E-state index contributed by atoms with van der Waals surface area (Å²) in [6, 6.07) is 9.70. The molecule has 0 N–H and O–H groups in total. The second-order valence-electron chi connectivity index (χ2n) is 4.65. The molecule has 0 atom stereocenters. The van der Waals surface area contributed by atoms with Crippen molar-refractivity contribution in [1.29, 1.82) is 0 Å². The normalized spacial score (nSPS) is 10.8. The lowest BCUT2D eigenvalue weighted by molar-refractivity contribution is -0.391. The van der Waals surface area contributed by atoms with Crippen molar-refractivity contribution in [3.63, 3.8) is 0 Å². The fourth-order valence-electron chi connectivity index (χ4n) is 2.28. The Hall–Kier alpha value is -2.96. The first-order valence-electron chi connectivity index (χ1n) is 6.36. The molecule has 2 aromatic heterocycles. The van der Waals surface area contributed by atoms with Crippen molar-refractivity contribution in [2.24, 2.45) is 7.05 Å². The monoisotopic (exact) mass is 283 g/mol. The third-order valence-corrected chi connectivity index (χ3v) is 3.40. The van der Waals surface area contributed by atoms with Crippen LogP contribution in [0.25, 0.3) is 17.1 Å². The molecule has 0 fully saturated rings. The van der Waals surface area contributed by atoms with Crippen molar-refractivity contribution in [3.8, 4) is 17.1 Å². The van der Waals surface area contributed by atoms with Gasteiger partial charge in [-0.2, -0.15) is 5.10 Å². The number of hydrogen-bond acceptors (Lipinski definition) is 4. The van der Waals surface area contributed by atoms with Gasteiger partial charge in [0.1, 0.15) is 6.20 Å². The smallest absolute Gasteiger partial charge is 0.342 e. The molecule has 0 aliphatic heterocycles. The molecule has 0 aliphatic rings. The Balaban J connectivity index is 2.10. The summed E-state index contributed by atoms with van der Waals surface area (Å²) in [7, 11) is 1.62. The van der Waals surface area contributed by atoms with Crippen LogP contribution < -0.4 is 0 Å². The number of benzene rings is 1. The highest BCUT2D eigenvalue weighted by Gasteiger charge is 2.21. The van der Waals surface area contributed by atoms with E-state index in [1.807, 2.05) is 37.3 Å². The van der Waals surface area contributed by atoms with Crippen LogP contribution in [0, 0.1) is 17.0 Å². The van der Waals surface area contributed by atoms with Gasteiger partial charge in [0.25, 0.3) is 0 Å². The van der Waals surface area contributed by atoms with Crippen LogP contribution in [0.15, 0.2) is 42.7 Å². The van der Waals surface area contributed by atoms with Gasteiger partial charge in [0, 0.05) is 0 Å². The Labute approximate surface area is 120 Å². The molecule has 0 amide bonds. The quantitative estimate of drug-likeness (QED) is 0.546. The van der Waals surface area contributed by atoms with Crippen molar-refractivity contribution < 1.29 is 4.92 Å². The number of aromatic nitrogens is 4. The zero-order valence-electron chi connectivity index (χ0n) is 11.6. The third-order valence-electron chi connectivity index (χ3n) is 3.40. The van der Waals surface area contributed by atoms with Gasteiger partial charge in [-0.05, 0) is 24.0 Å². The molecule has 21 heavy (non-hydrogen) atoms. The van der Waals surface area contributed by atoms with Gasteiger partial charge in [-0.3, -0.25) is 0 Å². The number of hydrogen-bond donors (Lipinski definition) is 0. The van der Waals surface area contributed by atoms with E-state index in [9.17, 15) is 10.1 Å². The molecule has 7 nitrogen and oxygen atoms in total. The predicted molar refractivity (Wildman–Crippen MR) is 77.2 cm³/mol. The highest BCUT2D eigenvalue weighted by molar-refractivity contribution is 5.60. The summed E-state index contributed by atoms with van der Waals surface area (Å²) < 4.78 is 3.25. The van der Waals surface area contributed by atoms with Crippen LogP contribution in [-0.2, 0) is 7.05 Å². The summed E-state index contributed by atoms with van der Waals surface area (Å²) in [5, 5.41) is 15.3. The summed E-state index contributed by atoms with van der Waals surface area (Å²) in [5.41, 5.74) is 2.59. The molecule has 0 spiro atoms. The lowest BCUT2D eigenvalue weighted by Crippen LogP contribution is -2.01. The Bertz CT molecular complexity index is 804. The van der Waals surface area contributed by atoms with Gasteiger partial charge in [-0.15, -0.1) is 0 Å². The van der Waals surface area contributed by atoms with Crippen molar-refractivity contribution in [1.82, 2.24) is 19.3 Å². The Morgan fingerprint density at radius 2 is 1.90 bits per heavy atom. The van der Waals surface area contributed by atoms with Crippen LogP contribution in [0.3, 0.4) is 0 Å². The second kappa shape index (κ2) is 4.86. The summed E-state index contributed by atoms with van der Waals surface area (Å²) in [6.07, 6.45) is 2.93. The lowest BCUT2D eigenvalue weighted by Gasteiger charge is -2.04. The summed E-state index contributed by atoms with van der Waals surface area (Å²) in [5.74, 6) is 0.484. The zero-order chi connectivity index (χ0) is 15.0. The number of nitrogens with zero attached hydrogens (tertiary/aromatic N) is 5. The largest absolute Gasteiger partial charge is 0.358 e. The first-order valence-corrected chi connectivity index (χ1v) is 6.36. The molecular formula is C14H13N5O2. The standard InChI is InChI=1S/C14H13N5O2/c1-10-12(14-15-9-13(17(14)2)19(20)21)8-16-18(10)11-6-4-3-5-7-11/h3-9H,1-2H3. The SMILES string of the molecule is Cc1c(-c2ncc([N+](=O)[O-])n2C)cnn1-c1ccccc1. The average molecular weight is 283 g/mol. The minimum absolute atomic E-state index is 0.0446. The Morgan fingerprint density at radius 1 is 1.19 bits per heavy atom. The van der Waals surface area contributed by atoms with Crippen molar-refractivity contribution >= 4 is 5.82 Å². The van der Waals surface area contributed by atoms with E-state index >= 15 is 0 Å². The maximum Gasteiger partial charge on any atom is 0.342 e. The average Bonchev–Trinajstić information content (AvgIpc) is 3.03. The molecule has 0 aliphatic carbocycles. The second-order valence-corrected chi connectivity index (χ2v) is 4.65. The number of rotatable bonds is 3. The van der Waals surface area contributed by atoms with Crippen LogP contribution in [0.5, 0.6) is 0 Å². The maximum absolute atomic E-state index is 10.9. The highest BCUT2D eigenvalue weighted by atomic mass is 16.6. The van der Waals surface area contributed by atoms with Gasteiger partial charge < -0.3 is 10.1 Å². The van der Waals surface area contributed by atoms with E-state index in [1.54, 1.807) is 17.9 Å². The topological polar surface area (TPSA) is 78.8 Å². The molecule has 0 saturated carbocycles. The molecule has 3 aromatic rings. The van der Waals surface area contributed by atoms with E-state index in [4.69, 9.17) is 0 Å². The minimum atomic E-state index is -0.451.